The van der Waals surface area contributed by atoms with Gasteiger partial charge in [0.1, 0.15) is 17.7 Å². The molecule has 2 atom stereocenters. The Morgan fingerprint density at radius 3 is 2.36 bits per heavy atom. The Morgan fingerprint density at radius 2 is 1.76 bits per heavy atom. The molecule has 3 nitrogen and oxygen atoms in total. The van der Waals surface area contributed by atoms with E-state index in [-0.39, 0.29) is 12.4 Å². The van der Waals surface area contributed by atoms with Gasteiger partial charge in [-0.25, -0.2) is 17.6 Å². The topological polar surface area (TPSA) is 30.5 Å². The van der Waals surface area contributed by atoms with E-state index in [0.717, 1.165) is 0 Å². The molecule has 3 rings (SSSR count). The first-order valence-electron chi connectivity index (χ1n) is 7.43. The van der Waals surface area contributed by atoms with Crippen molar-refractivity contribution in [3.63, 3.8) is 0 Å². The van der Waals surface area contributed by atoms with Gasteiger partial charge in [0.2, 0.25) is 0 Å². The zero-order valence-electron chi connectivity index (χ0n) is 13.0. The summed E-state index contributed by atoms with van der Waals surface area (Å²) < 4.78 is 65.4. The molecule has 25 heavy (non-hydrogen) atoms. The highest BCUT2D eigenvalue weighted by Crippen LogP contribution is 2.31. The molecule has 0 unspecified atom stereocenters. The summed E-state index contributed by atoms with van der Waals surface area (Å²) in [6.45, 7) is 1.38. The van der Waals surface area contributed by atoms with E-state index in [4.69, 9.17) is 9.47 Å². The fourth-order valence-electron chi connectivity index (χ4n) is 2.59. The summed E-state index contributed by atoms with van der Waals surface area (Å²) in [5.74, 6) is -4.62. The van der Waals surface area contributed by atoms with Crippen LogP contribution in [0.1, 0.15) is 11.7 Å². The number of morpholine rings is 1. The van der Waals surface area contributed by atoms with Crippen LogP contribution in [0.2, 0.25) is 0 Å². The molecular formula is C17H16ClF4NO2. The van der Waals surface area contributed by atoms with Crippen LogP contribution in [0.4, 0.5) is 17.6 Å². The lowest BCUT2D eigenvalue weighted by Crippen LogP contribution is -2.43. The lowest BCUT2D eigenvalue weighted by Gasteiger charge is -2.31. The minimum Gasteiger partial charge on any atom is -0.477 e. The highest BCUT2D eigenvalue weighted by Gasteiger charge is 2.30. The quantitative estimate of drug-likeness (QED) is 0.823. The van der Waals surface area contributed by atoms with Crippen LogP contribution in [-0.4, -0.2) is 25.8 Å². The highest BCUT2D eigenvalue weighted by atomic mass is 35.5. The number of hydrogen-bond acceptors (Lipinski definition) is 3. The first-order valence-corrected chi connectivity index (χ1v) is 7.43. The van der Waals surface area contributed by atoms with E-state index in [9.17, 15) is 17.6 Å². The summed E-state index contributed by atoms with van der Waals surface area (Å²) in [6.07, 6.45) is -1.53. The van der Waals surface area contributed by atoms with Gasteiger partial charge < -0.3 is 14.8 Å². The summed E-state index contributed by atoms with van der Waals surface area (Å²) in [5, 5.41) is 3.08. The average Bonchev–Trinajstić information content (AvgIpc) is 2.55. The molecule has 0 aliphatic carbocycles. The van der Waals surface area contributed by atoms with Gasteiger partial charge >= 0.3 is 0 Å². The molecule has 1 aliphatic heterocycles. The maximum atomic E-state index is 13.9. The van der Waals surface area contributed by atoms with Gasteiger partial charge in [-0.2, -0.15) is 0 Å². The molecule has 1 aliphatic rings. The Kier molecular flexibility index (Phi) is 6.64. The summed E-state index contributed by atoms with van der Waals surface area (Å²) in [4.78, 5) is 0. The SMILES string of the molecule is Cl.Fc1cccc([C@H](Oc2c(F)cc(F)cc2F)[C@@H]2CNCCO2)c1. The van der Waals surface area contributed by atoms with E-state index in [1.54, 1.807) is 6.07 Å². The fraction of sp³-hybridized carbons (Fsp3) is 0.294. The van der Waals surface area contributed by atoms with Gasteiger partial charge in [0, 0.05) is 25.2 Å². The first-order chi connectivity index (χ1) is 11.5. The molecule has 0 amide bonds. The molecule has 0 spiro atoms. The molecule has 2 aromatic rings. The molecule has 1 fully saturated rings. The monoisotopic (exact) mass is 377 g/mol. The van der Waals surface area contributed by atoms with Crippen LogP contribution in [0.3, 0.4) is 0 Å². The van der Waals surface area contributed by atoms with Gasteiger partial charge in [-0.1, -0.05) is 12.1 Å². The largest absolute Gasteiger partial charge is 0.477 e. The molecule has 136 valence electrons. The second kappa shape index (κ2) is 8.51. The summed E-state index contributed by atoms with van der Waals surface area (Å²) in [6, 6.07) is 6.56. The number of nitrogens with one attached hydrogen (secondary N) is 1. The molecule has 1 N–H and O–H groups in total. The molecule has 1 heterocycles. The number of halogens is 5. The number of rotatable bonds is 4. The molecular weight excluding hydrogens is 362 g/mol. The molecule has 0 aromatic heterocycles. The van der Waals surface area contributed by atoms with Gasteiger partial charge in [0.25, 0.3) is 0 Å². The second-order valence-electron chi connectivity index (χ2n) is 5.41. The molecule has 0 saturated carbocycles. The molecule has 2 aromatic carbocycles. The predicted molar refractivity (Wildman–Crippen MR) is 85.9 cm³/mol. The van der Waals surface area contributed by atoms with E-state index < -0.39 is 41.2 Å². The Hall–Kier alpha value is -1.83. The summed E-state index contributed by atoms with van der Waals surface area (Å²) in [7, 11) is 0. The van der Waals surface area contributed by atoms with Crippen molar-refractivity contribution in [2.75, 3.05) is 19.7 Å². The van der Waals surface area contributed by atoms with Crippen molar-refractivity contribution in [1.29, 1.82) is 0 Å². The molecule has 1 saturated heterocycles. The molecule has 0 bridgehead atoms. The third kappa shape index (κ3) is 4.62. The Labute approximate surface area is 148 Å². The van der Waals surface area contributed by atoms with Crippen LogP contribution in [0, 0.1) is 23.3 Å². The Morgan fingerprint density at radius 1 is 1.04 bits per heavy atom. The lowest BCUT2D eigenvalue weighted by atomic mass is 10.0. The van der Waals surface area contributed by atoms with Crippen molar-refractivity contribution < 1.29 is 27.0 Å². The minimum absolute atomic E-state index is 0. The maximum absolute atomic E-state index is 13.9. The van der Waals surface area contributed by atoms with Crippen LogP contribution in [-0.2, 0) is 4.74 Å². The summed E-state index contributed by atoms with van der Waals surface area (Å²) >= 11 is 0. The molecule has 0 radical (unpaired) electrons. The van der Waals surface area contributed by atoms with Gasteiger partial charge in [-0.15, -0.1) is 12.4 Å². The van der Waals surface area contributed by atoms with Crippen molar-refractivity contribution in [1.82, 2.24) is 5.32 Å². The van der Waals surface area contributed by atoms with E-state index in [2.05, 4.69) is 5.32 Å². The first kappa shape index (κ1) is 19.5. The van der Waals surface area contributed by atoms with Crippen LogP contribution in [0.25, 0.3) is 0 Å². The van der Waals surface area contributed by atoms with E-state index in [1.807, 2.05) is 0 Å². The average molecular weight is 378 g/mol. The zero-order chi connectivity index (χ0) is 17.1. The van der Waals surface area contributed by atoms with E-state index in [1.165, 1.54) is 18.2 Å². The highest BCUT2D eigenvalue weighted by molar-refractivity contribution is 5.85. The zero-order valence-corrected chi connectivity index (χ0v) is 13.8. The fourth-order valence-corrected chi connectivity index (χ4v) is 2.59. The number of ether oxygens (including phenoxy) is 2. The third-order valence-electron chi connectivity index (χ3n) is 3.68. The van der Waals surface area contributed by atoms with Crippen LogP contribution < -0.4 is 10.1 Å². The van der Waals surface area contributed by atoms with Crippen molar-refractivity contribution >= 4 is 12.4 Å². The van der Waals surface area contributed by atoms with Gasteiger partial charge in [-0.3, -0.25) is 0 Å². The van der Waals surface area contributed by atoms with Crippen LogP contribution in [0.5, 0.6) is 5.75 Å². The standard InChI is InChI=1S/C17H15F4NO2.ClH/c18-11-3-1-2-10(6-11)16(15-9-22-4-5-23-15)24-17-13(20)7-12(19)8-14(17)21;/h1-3,6-8,15-16,22H,4-5,9H2;1H/t15-,16-;/m0./s1. The number of hydrogen-bond donors (Lipinski definition) is 1. The third-order valence-corrected chi connectivity index (χ3v) is 3.68. The van der Waals surface area contributed by atoms with Crippen LogP contribution in [0.15, 0.2) is 36.4 Å². The predicted octanol–water partition coefficient (Wildman–Crippen LogP) is 3.77. The van der Waals surface area contributed by atoms with Gasteiger partial charge in [-0.05, 0) is 17.7 Å². The van der Waals surface area contributed by atoms with E-state index in [0.29, 0.717) is 37.4 Å². The van der Waals surface area contributed by atoms with Gasteiger partial charge in [0.05, 0.1) is 6.61 Å². The normalized spacial score (nSPS) is 18.3. The smallest absolute Gasteiger partial charge is 0.191 e. The minimum atomic E-state index is -1.17. The van der Waals surface area contributed by atoms with Crippen molar-refractivity contribution in [3.8, 4) is 5.75 Å². The van der Waals surface area contributed by atoms with Crippen molar-refractivity contribution in [3.05, 3.63) is 65.2 Å². The maximum Gasteiger partial charge on any atom is 0.191 e. The number of benzene rings is 2. The van der Waals surface area contributed by atoms with Gasteiger partial charge in [0.15, 0.2) is 23.5 Å². The Bertz CT molecular complexity index is 703. The lowest BCUT2D eigenvalue weighted by molar-refractivity contribution is -0.0454. The van der Waals surface area contributed by atoms with Crippen molar-refractivity contribution in [2.45, 2.75) is 12.2 Å². The van der Waals surface area contributed by atoms with E-state index >= 15 is 0 Å². The second-order valence-corrected chi connectivity index (χ2v) is 5.41. The van der Waals surface area contributed by atoms with Crippen LogP contribution >= 0.6 is 12.4 Å². The summed E-state index contributed by atoms with van der Waals surface area (Å²) in [5.41, 5.74) is 0.367. The Balaban J connectivity index is 0.00000225. The molecule has 8 heteroatoms. The van der Waals surface area contributed by atoms with Crippen molar-refractivity contribution in [2.24, 2.45) is 0 Å².